The standard InChI is InChI=1S/C24H27N7O4S/c1-14(32)23(33)30-5-2-15(3-6-30)4-7-31-13-27-21(26)20-22(31)29-24(28-20)36-19-11-18-17(10-16(19)12-25)34-8-9-35-18/h10-11,13-15,26,32H,2-9H2,1H3,(H,28,29). The number of aliphatic hydroxyl groups excluding tert-OH is 1. The first-order chi connectivity index (χ1) is 17.4. The topological polar surface area (TPSA) is 153 Å². The number of carbonyl (C=O) groups is 1. The molecule has 0 bridgehead atoms. The number of aryl methyl sites for hydroxylation is 1. The zero-order valence-corrected chi connectivity index (χ0v) is 20.7. The van der Waals surface area contributed by atoms with E-state index in [2.05, 4.69) is 16.0 Å². The van der Waals surface area contributed by atoms with Gasteiger partial charge in [0.1, 0.15) is 30.9 Å². The number of H-pyrrole nitrogens is 1. The second kappa shape index (κ2) is 10.2. The number of hydrogen-bond donors (Lipinski definition) is 3. The molecular weight excluding hydrogens is 482 g/mol. The number of rotatable bonds is 6. The largest absolute Gasteiger partial charge is 0.486 e. The Bertz CT molecular complexity index is 1390. The monoisotopic (exact) mass is 509 g/mol. The van der Waals surface area contributed by atoms with E-state index in [9.17, 15) is 15.2 Å². The van der Waals surface area contributed by atoms with Crippen LogP contribution >= 0.6 is 11.8 Å². The summed E-state index contributed by atoms with van der Waals surface area (Å²) < 4.78 is 13.2. The lowest BCUT2D eigenvalue weighted by atomic mass is 9.93. The van der Waals surface area contributed by atoms with Crippen molar-refractivity contribution < 1.29 is 19.4 Å². The molecule has 0 spiro atoms. The Morgan fingerprint density at radius 2 is 2.06 bits per heavy atom. The summed E-state index contributed by atoms with van der Waals surface area (Å²) in [5.74, 6) is 1.39. The Balaban J connectivity index is 1.31. The molecular formula is C24H27N7O4S. The maximum atomic E-state index is 12.0. The van der Waals surface area contributed by atoms with E-state index in [-0.39, 0.29) is 11.4 Å². The van der Waals surface area contributed by atoms with Crippen molar-refractivity contribution in [2.45, 2.75) is 48.9 Å². The molecule has 12 heteroatoms. The van der Waals surface area contributed by atoms with Gasteiger partial charge >= 0.3 is 0 Å². The molecule has 0 aliphatic carbocycles. The number of nitrogens with one attached hydrogen (secondary N) is 2. The van der Waals surface area contributed by atoms with E-state index >= 15 is 0 Å². The summed E-state index contributed by atoms with van der Waals surface area (Å²) in [5, 5.41) is 27.9. The normalized spacial score (nSPS) is 16.6. The molecule has 11 nitrogen and oxygen atoms in total. The summed E-state index contributed by atoms with van der Waals surface area (Å²) in [6.07, 6.45) is 3.34. The lowest BCUT2D eigenvalue weighted by Crippen LogP contribution is -2.43. The van der Waals surface area contributed by atoms with Crippen molar-refractivity contribution in [2.24, 2.45) is 5.92 Å². The van der Waals surface area contributed by atoms with Crippen molar-refractivity contribution in [3.8, 4) is 17.6 Å². The molecule has 1 unspecified atom stereocenters. The van der Waals surface area contributed by atoms with E-state index in [0.717, 1.165) is 19.3 Å². The van der Waals surface area contributed by atoms with Crippen molar-refractivity contribution in [3.05, 3.63) is 29.5 Å². The van der Waals surface area contributed by atoms with Crippen molar-refractivity contribution in [1.82, 2.24) is 24.4 Å². The van der Waals surface area contributed by atoms with Gasteiger partial charge in [0, 0.05) is 30.6 Å². The summed E-state index contributed by atoms with van der Waals surface area (Å²) in [6, 6.07) is 5.67. The van der Waals surface area contributed by atoms with Gasteiger partial charge in [0.25, 0.3) is 5.91 Å². The molecule has 2 aliphatic rings. The summed E-state index contributed by atoms with van der Waals surface area (Å²) in [5.41, 5.74) is 1.74. The predicted molar refractivity (Wildman–Crippen MR) is 130 cm³/mol. The Morgan fingerprint density at radius 1 is 1.33 bits per heavy atom. The first kappa shape index (κ1) is 24.1. The van der Waals surface area contributed by atoms with Crippen LogP contribution in [0.25, 0.3) is 11.2 Å². The molecule has 5 rings (SSSR count). The Labute approximate surface area is 211 Å². The van der Waals surface area contributed by atoms with Crippen molar-refractivity contribution in [3.63, 3.8) is 0 Å². The van der Waals surface area contributed by atoms with Gasteiger partial charge in [0.2, 0.25) is 0 Å². The number of ether oxygens (including phenoxy) is 2. The zero-order valence-electron chi connectivity index (χ0n) is 19.9. The number of piperidine rings is 1. The number of amides is 1. The molecule has 1 fully saturated rings. The fourth-order valence-corrected chi connectivity index (χ4v) is 5.42. The van der Waals surface area contributed by atoms with Gasteiger partial charge in [0.05, 0.1) is 11.9 Å². The Hall–Kier alpha value is -3.56. The van der Waals surface area contributed by atoms with Crippen LogP contribution in [-0.4, -0.2) is 67.8 Å². The fourth-order valence-electron chi connectivity index (χ4n) is 4.55. The second-order valence-electron chi connectivity index (χ2n) is 8.97. The minimum absolute atomic E-state index is 0.105. The van der Waals surface area contributed by atoms with Gasteiger partial charge in [-0.3, -0.25) is 10.2 Å². The van der Waals surface area contributed by atoms with Crippen LogP contribution in [0.5, 0.6) is 11.5 Å². The summed E-state index contributed by atoms with van der Waals surface area (Å²) in [6.45, 7) is 4.40. The first-order valence-electron chi connectivity index (χ1n) is 11.9. The van der Waals surface area contributed by atoms with E-state index in [1.54, 1.807) is 23.4 Å². The van der Waals surface area contributed by atoms with E-state index in [1.807, 2.05) is 4.57 Å². The minimum Gasteiger partial charge on any atom is -0.486 e. The summed E-state index contributed by atoms with van der Waals surface area (Å²) in [4.78, 5) is 26.5. The van der Waals surface area contributed by atoms with E-state index in [1.165, 1.54) is 18.7 Å². The maximum absolute atomic E-state index is 12.0. The van der Waals surface area contributed by atoms with Crippen LogP contribution in [-0.2, 0) is 11.3 Å². The molecule has 1 amide bonds. The number of hydrogen-bond acceptors (Lipinski definition) is 9. The van der Waals surface area contributed by atoms with Gasteiger partial charge in [0.15, 0.2) is 27.8 Å². The van der Waals surface area contributed by atoms with Gasteiger partial charge in [-0.1, -0.05) is 11.8 Å². The van der Waals surface area contributed by atoms with Crippen molar-refractivity contribution in [2.75, 3.05) is 26.3 Å². The average Bonchev–Trinajstić information content (AvgIpc) is 3.32. The molecule has 0 saturated carbocycles. The van der Waals surface area contributed by atoms with Crippen LogP contribution in [0.15, 0.2) is 28.5 Å². The number of benzene rings is 1. The van der Waals surface area contributed by atoms with Crippen LogP contribution in [0.4, 0.5) is 0 Å². The highest BCUT2D eigenvalue weighted by atomic mass is 32.2. The SMILES string of the molecule is CC(O)C(=O)N1CCC(CCn2cnc(=N)c3[nH]c(Sc4cc5c(cc4C#N)OCCO5)nc32)CC1. The third-order valence-corrected chi connectivity index (χ3v) is 7.48. The highest BCUT2D eigenvalue weighted by molar-refractivity contribution is 7.99. The number of nitriles is 1. The lowest BCUT2D eigenvalue weighted by Gasteiger charge is -2.32. The fraction of sp³-hybridized carbons (Fsp3) is 0.458. The number of fused-ring (bicyclic) bond motifs is 2. The molecule has 188 valence electrons. The van der Waals surface area contributed by atoms with Gasteiger partial charge in [-0.05, 0) is 38.2 Å². The first-order valence-corrected chi connectivity index (χ1v) is 12.7. The molecule has 1 atom stereocenters. The molecule has 2 aromatic heterocycles. The van der Waals surface area contributed by atoms with Gasteiger partial charge in [-0.2, -0.15) is 5.26 Å². The molecule has 2 aliphatic heterocycles. The zero-order chi connectivity index (χ0) is 25.2. The molecule has 1 aromatic carbocycles. The highest BCUT2D eigenvalue weighted by Gasteiger charge is 2.25. The third kappa shape index (κ3) is 4.89. The van der Waals surface area contributed by atoms with Crippen LogP contribution in [0, 0.1) is 22.7 Å². The highest BCUT2D eigenvalue weighted by Crippen LogP contribution is 2.39. The molecule has 0 radical (unpaired) electrons. The predicted octanol–water partition coefficient (Wildman–Crippen LogP) is 2.04. The molecule has 3 N–H and O–H groups in total. The number of aromatic nitrogens is 4. The van der Waals surface area contributed by atoms with Crippen LogP contribution in [0.3, 0.4) is 0 Å². The smallest absolute Gasteiger partial charge is 0.251 e. The summed E-state index contributed by atoms with van der Waals surface area (Å²) in [7, 11) is 0. The molecule has 4 heterocycles. The minimum atomic E-state index is -0.960. The Kier molecular flexibility index (Phi) is 6.84. The third-order valence-electron chi connectivity index (χ3n) is 6.53. The number of carbonyl (C=O) groups excluding carboxylic acids is 1. The van der Waals surface area contributed by atoms with E-state index in [0.29, 0.717) is 77.0 Å². The van der Waals surface area contributed by atoms with E-state index < -0.39 is 6.10 Å². The average molecular weight is 510 g/mol. The maximum Gasteiger partial charge on any atom is 0.251 e. The van der Waals surface area contributed by atoms with Crippen LogP contribution < -0.4 is 15.0 Å². The van der Waals surface area contributed by atoms with Gasteiger partial charge in [-0.25, -0.2) is 9.97 Å². The number of aromatic amines is 1. The van der Waals surface area contributed by atoms with Crippen LogP contribution in [0.1, 0.15) is 31.7 Å². The van der Waals surface area contributed by atoms with Gasteiger partial charge < -0.3 is 29.0 Å². The van der Waals surface area contributed by atoms with Crippen molar-refractivity contribution in [1.29, 1.82) is 10.7 Å². The summed E-state index contributed by atoms with van der Waals surface area (Å²) >= 11 is 1.30. The molecule has 3 aromatic rings. The lowest BCUT2D eigenvalue weighted by molar-refractivity contribution is -0.140. The Morgan fingerprint density at radius 3 is 2.75 bits per heavy atom. The number of likely N-dealkylation sites (tertiary alicyclic amines) is 1. The molecule has 1 saturated heterocycles. The quantitative estimate of drug-likeness (QED) is 0.456. The van der Waals surface area contributed by atoms with E-state index in [4.69, 9.17) is 19.9 Å². The van der Waals surface area contributed by atoms with Crippen molar-refractivity contribution >= 4 is 28.8 Å². The number of nitrogens with zero attached hydrogens (tertiary/aromatic N) is 5. The number of imidazole rings is 1. The molecule has 36 heavy (non-hydrogen) atoms. The van der Waals surface area contributed by atoms with Gasteiger partial charge in [-0.15, -0.1) is 0 Å². The second-order valence-corrected chi connectivity index (χ2v) is 10.00. The van der Waals surface area contributed by atoms with Crippen LogP contribution in [0.2, 0.25) is 0 Å². The number of aliphatic hydroxyl groups is 1.